The zero-order chi connectivity index (χ0) is 17.4. The van der Waals surface area contributed by atoms with E-state index >= 15 is 0 Å². The number of nitrogens with zero attached hydrogens (tertiary/aromatic N) is 2. The molecular formula is C20H18N2OS2. The molecule has 4 rings (SSSR count). The zero-order valence-electron chi connectivity index (χ0n) is 14.2. The number of hydrogen-bond donors (Lipinski definition) is 0. The molecule has 0 saturated carbocycles. The van der Waals surface area contributed by atoms with Crippen LogP contribution in [0.2, 0.25) is 0 Å². The molecule has 0 aliphatic heterocycles. The Bertz CT molecular complexity index is 1080. The van der Waals surface area contributed by atoms with Gasteiger partial charge in [-0.3, -0.25) is 0 Å². The first-order chi connectivity index (χ1) is 12.2. The Balaban J connectivity index is 1.84. The minimum Gasteiger partial charge on any atom is -0.444 e. The van der Waals surface area contributed by atoms with Crippen molar-refractivity contribution in [3.63, 3.8) is 0 Å². The molecule has 0 N–H and O–H groups in total. The van der Waals surface area contributed by atoms with Gasteiger partial charge in [0, 0.05) is 30.2 Å². The third kappa shape index (κ3) is 2.94. The molecule has 2 heterocycles. The number of thiazole rings is 1. The van der Waals surface area contributed by atoms with Gasteiger partial charge in [0.05, 0.1) is 15.8 Å². The summed E-state index contributed by atoms with van der Waals surface area (Å²) in [5, 5.41) is 1.95. The fourth-order valence-electron chi connectivity index (χ4n) is 3.02. The van der Waals surface area contributed by atoms with Gasteiger partial charge in [-0.15, -0.1) is 11.3 Å². The Hall–Kier alpha value is -2.24. The van der Waals surface area contributed by atoms with E-state index in [1.54, 1.807) is 11.3 Å². The van der Waals surface area contributed by atoms with E-state index in [-0.39, 0.29) is 0 Å². The first kappa shape index (κ1) is 16.2. The molecule has 2 aromatic carbocycles. The minimum absolute atomic E-state index is 0.489. The van der Waals surface area contributed by atoms with Crippen LogP contribution in [0.3, 0.4) is 0 Å². The van der Waals surface area contributed by atoms with E-state index < -0.39 is 0 Å². The average Bonchev–Trinajstić information content (AvgIpc) is 3.06. The van der Waals surface area contributed by atoms with Gasteiger partial charge in [0.1, 0.15) is 10.6 Å². The number of anilines is 1. The third-order valence-electron chi connectivity index (χ3n) is 4.37. The molecule has 0 bridgehead atoms. The summed E-state index contributed by atoms with van der Waals surface area (Å²) in [7, 11) is 0. The molecule has 0 amide bonds. The minimum atomic E-state index is 0.489. The summed E-state index contributed by atoms with van der Waals surface area (Å²) < 4.78 is 7.62. The SMILES string of the molecule is CCN(CC)c1ccc2cc(-c3nc4ccccc4s3)c(=S)oc2c1. The maximum absolute atomic E-state index is 5.98. The lowest BCUT2D eigenvalue weighted by atomic mass is 10.1. The van der Waals surface area contributed by atoms with Crippen LogP contribution >= 0.6 is 23.6 Å². The molecule has 0 aliphatic rings. The lowest BCUT2D eigenvalue weighted by molar-refractivity contribution is 0.588. The van der Waals surface area contributed by atoms with Crippen molar-refractivity contribution >= 4 is 50.4 Å². The Labute approximate surface area is 155 Å². The number of rotatable bonds is 4. The van der Waals surface area contributed by atoms with Crippen molar-refractivity contribution in [2.45, 2.75) is 13.8 Å². The molecule has 0 fully saturated rings. The van der Waals surface area contributed by atoms with Gasteiger partial charge in [-0.1, -0.05) is 12.1 Å². The van der Waals surface area contributed by atoms with Crippen molar-refractivity contribution in [2.24, 2.45) is 0 Å². The van der Waals surface area contributed by atoms with E-state index in [4.69, 9.17) is 21.6 Å². The Morgan fingerprint density at radius 2 is 1.88 bits per heavy atom. The second-order valence-electron chi connectivity index (χ2n) is 5.83. The van der Waals surface area contributed by atoms with E-state index in [1.165, 1.54) is 0 Å². The van der Waals surface area contributed by atoms with Crippen molar-refractivity contribution in [3.05, 3.63) is 53.2 Å². The Kier molecular flexibility index (Phi) is 4.27. The highest BCUT2D eigenvalue weighted by Crippen LogP contribution is 2.33. The van der Waals surface area contributed by atoms with Gasteiger partial charge in [-0.05, 0) is 56.4 Å². The third-order valence-corrected chi connectivity index (χ3v) is 5.75. The number of benzene rings is 2. The molecule has 0 atom stereocenters. The molecule has 25 heavy (non-hydrogen) atoms. The highest BCUT2D eigenvalue weighted by molar-refractivity contribution is 7.71. The van der Waals surface area contributed by atoms with E-state index in [2.05, 4.69) is 49.1 Å². The molecule has 0 spiro atoms. The van der Waals surface area contributed by atoms with Crippen LogP contribution in [0.5, 0.6) is 0 Å². The molecule has 0 unspecified atom stereocenters. The first-order valence-electron chi connectivity index (χ1n) is 8.38. The predicted molar refractivity (Wildman–Crippen MR) is 109 cm³/mol. The van der Waals surface area contributed by atoms with Crippen molar-refractivity contribution in [1.82, 2.24) is 4.98 Å². The molecule has 0 radical (unpaired) electrons. The summed E-state index contributed by atoms with van der Waals surface area (Å²) in [6.07, 6.45) is 0. The number of para-hydroxylation sites is 1. The molecule has 2 aromatic heterocycles. The molecule has 3 nitrogen and oxygen atoms in total. The van der Waals surface area contributed by atoms with Crippen LogP contribution in [0.15, 0.2) is 52.9 Å². The van der Waals surface area contributed by atoms with Crippen molar-refractivity contribution < 1.29 is 4.42 Å². The molecule has 4 aromatic rings. The summed E-state index contributed by atoms with van der Waals surface area (Å²) in [5.41, 5.74) is 3.86. The molecule has 0 aliphatic carbocycles. The van der Waals surface area contributed by atoms with E-state index in [0.29, 0.717) is 4.71 Å². The Morgan fingerprint density at radius 1 is 1.08 bits per heavy atom. The van der Waals surface area contributed by atoms with Gasteiger partial charge < -0.3 is 9.32 Å². The van der Waals surface area contributed by atoms with Gasteiger partial charge in [-0.2, -0.15) is 0 Å². The van der Waals surface area contributed by atoms with Crippen molar-refractivity contribution in [1.29, 1.82) is 0 Å². The van der Waals surface area contributed by atoms with E-state index in [1.807, 2.05) is 18.2 Å². The quantitative estimate of drug-likeness (QED) is 0.397. The summed E-state index contributed by atoms with van der Waals surface area (Å²) in [5.74, 6) is 0. The smallest absolute Gasteiger partial charge is 0.201 e. The summed E-state index contributed by atoms with van der Waals surface area (Å²) in [6.45, 7) is 6.23. The van der Waals surface area contributed by atoms with Gasteiger partial charge in [-0.25, -0.2) is 4.98 Å². The highest BCUT2D eigenvalue weighted by atomic mass is 32.1. The van der Waals surface area contributed by atoms with Crippen molar-refractivity contribution in [3.8, 4) is 10.6 Å². The van der Waals surface area contributed by atoms with Crippen LogP contribution in [0.4, 0.5) is 5.69 Å². The van der Waals surface area contributed by atoms with E-state index in [0.717, 1.165) is 50.5 Å². The second-order valence-corrected chi connectivity index (χ2v) is 7.23. The topological polar surface area (TPSA) is 29.3 Å². The van der Waals surface area contributed by atoms with Crippen molar-refractivity contribution in [2.75, 3.05) is 18.0 Å². The molecule has 0 saturated heterocycles. The predicted octanol–water partition coefficient (Wildman–Crippen LogP) is 6.29. The lowest BCUT2D eigenvalue weighted by Crippen LogP contribution is -2.21. The van der Waals surface area contributed by atoms with Crippen LogP contribution in [0, 0.1) is 4.71 Å². The van der Waals surface area contributed by atoms with Gasteiger partial charge >= 0.3 is 0 Å². The standard InChI is InChI=1S/C20H18N2OS2/c1-3-22(4-2)14-10-9-13-11-15(20(24)23-17(13)12-14)19-21-16-7-5-6-8-18(16)25-19/h5-12H,3-4H2,1-2H3. The maximum Gasteiger partial charge on any atom is 0.201 e. The first-order valence-corrected chi connectivity index (χ1v) is 9.61. The van der Waals surface area contributed by atoms with Gasteiger partial charge in [0.2, 0.25) is 4.71 Å². The molecule has 5 heteroatoms. The van der Waals surface area contributed by atoms with Crippen LogP contribution < -0.4 is 4.90 Å². The monoisotopic (exact) mass is 366 g/mol. The lowest BCUT2D eigenvalue weighted by Gasteiger charge is -2.21. The Morgan fingerprint density at radius 3 is 2.64 bits per heavy atom. The number of aromatic nitrogens is 1. The summed E-state index contributed by atoms with van der Waals surface area (Å²) in [4.78, 5) is 7.00. The summed E-state index contributed by atoms with van der Waals surface area (Å²) >= 11 is 7.16. The highest BCUT2D eigenvalue weighted by Gasteiger charge is 2.12. The van der Waals surface area contributed by atoms with Crippen LogP contribution in [0.25, 0.3) is 31.8 Å². The number of hydrogen-bond acceptors (Lipinski definition) is 5. The molecule has 126 valence electrons. The van der Waals surface area contributed by atoms with Crippen LogP contribution in [-0.2, 0) is 0 Å². The largest absolute Gasteiger partial charge is 0.444 e. The molecular weight excluding hydrogens is 348 g/mol. The fourth-order valence-corrected chi connectivity index (χ4v) is 4.31. The van der Waals surface area contributed by atoms with Gasteiger partial charge in [0.15, 0.2) is 0 Å². The average molecular weight is 367 g/mol. The summed E-state index contributed by atoms with van der Waals surface area (Å²) in [6, 6.07) is 16.5. The normalized spacial score (nSPS) is 11.3. The maximum atomic E-state index is 5.98. The number of fused-ring (bicyclic) bond motifs is 2. The van der Waals surface area contributed by atoms with Crippen LogP contribution in [0.1, 0.15) is 13.8 Å². The van der Waals surface area contributed by atoms with Crippen LogP contribution in [-0.4, -0.2) is 18.1 Å². The second kappa shape index (κ2) is 6.58. The fraction of sp³-hybridized carbons (Fsp3) is 0.200. The zero-order valence-corrected chi connectivity index (χ0v) is 15.8. The van der Waals surface area contributed by atoms with Gasteiger partial charge in [0.25, 0.3) is 0 Å². The van der Waals surface area contributed by atoms with E-state index in [9.17, 15) is 0 Å².